The van der Waals surface area contributed by atoms with Gasteiger partial charge in [0.15, 0.2) is 0 Å². The van der Waals surface area contributed by atoms with E-state index in [9.17, 15) is 4.79 Å². The van der Waals surface area contributed by atoms with E-state index in [1.54, 1.807) is 0 Å². The van der Waals surface area contributed by atoms with Crippen LogP contribution in [0.2, 0.25) is 0 Å². The van der Waals surface area contributed by atoms with E-state index >= 15 is 0 Å². The van der Waals surface area contributed by atoms with E-state index < -0.39 is 0 Å². The van der Waals surface area contributed by atoms with Crippen molar-refractivity contribution in [3.8, 4) is 0 Å². The van der Waals surface area contributed by atoms with Gasteiger partial charge in [0.05, 0.1) is 0 Å². The standard InChI is InChI=1S/C7H8O/c8-5-2-3-1-4-6(3)7(4)5/h3-4,6-7H,1-2H2/t3-,4+,6?,7-/m1/s1. The molecule has 0 spiro atoms. The van der Waals surface area contributed by atoms with Gasteiger partial charge in [-0.2, -0.15) is 0 Å². The third-order valence-corrected chi connectivity index (χ3v) is 3.18. The monoisotopic (exact) mass is 108 g/mol. The molecule has 0 N–H and O–H groups in total. The van der Waals surface area contributed by atoms with Crippen LogP contribution >= 0.6 is 0 Å². The Morgan fingerprint density at radius 1 is 1.50 bits per heavy atom. The average molecular weight is 108 g/mol. The molecular formula is C7H8O. The zero-order chi connectivity index (χ0) is 5.30. The van der Waals surface area contributed by atoms with Crippen molar-refractivity contribution >= 4 is 5.78 Å². The summed E-state index contributed by atoms with van der Waals surface area (Å²) in [6.07, 6.45) is 2.33. The first kappa shape index (κ1) is 3.65. The molecular weight excluding hydrogens is 100 g/mol. The van der Waals surface area contributed by atoms with Crippen molar-refractivity contribution in [2.45, 2.75) is 12.8 Å². The van der Waals surface area contributed by atoms with Gasteiger partial charge in [-0.25, -0.2) is 0 Å². The van der Waals surface area contributed by atoms with Crippen LogP contribution in [0.1, 0.15) is 12.8 Å². The summed E-state index contributed by atoms with van der Waals surface area (Å²) in [6.45, 7) is 0. The van der Waals surface area contributed by atoms with Gasteiger partial charge < -0.3 is 0 Å². The van der Waals surface area contributed by atoms with E-state index in [0.29, 0.717) is 11.7 Å². The third kappa shape index (κ3) is 0.188. The fourth-order valence-corrected chi connectivity index (χ4v) is 2.73. The summed E-state index contributed by atoms with van der Waals surface area (Å²) in [7, 11) is 0. The number of rotatable bonds is 0. The molecule has 1 nitrogen and oxygen atoms in total. The molecule has 0 aromatic heterocycles. The third-order valence-electron chi connectivity index (χ3n) is 3.18. The van der Waals surface area contributed by atoms with Crippen LogP contribution in [0.3, 0.4) is 0 Å². The molecule has 4 atom stereocenters. The van der Waals surface area contributed by atoms with Gasteiger partial charge >= 0.3 is 0 Å². The first-order chi connectivity index (χ1) is 3.88. The molecule has 8 heavy (non-hydrogen) atoms. The topological polar surface area (TPSA) is 17.1 Å². The molecule has 0 saturated heterocycles. The molecule has 3 rings (SSSR count). The van der Waals surface area contributed by atoms with Gasteiger partial charge in [0.2, 0.25) is 0 Å². The van der Waals surface area contributed by atoms with Crippen LogP contribution in [-0.4, -0.2) is 5.78 Å². The second-order valence-electron chi connectivity index (χ2n) is 3.43. The Bertz CT molecular complexity index is 173. The molecule has 0 heterocycles. The molecule has 3 aliphatic rings. The van der Waals surface area contributed by atoms with Crippen LogP contribution in [0.4, 0.5) is 0 Å². The maximum absolute atomic E-state index is 10.9. The summed E-state index contributed by atoms with van der Waals surface area (Å²) in [6, 6.07) is 0. The van der Waals surface area contributed by atoms with Gasteiger partial charge in [-0.15, -0.1) is 0 Å². The average Bonchev–Trinajstić information content (AvgIpc) is 2.20. The molecule has 1 heteroatoms. The highest BCUT2D eigenvalue weighted by atomic mass is 16.1. The Kier molecular flexibility index (Phi) is 0.352. The largest absolute Gasteiger partial charge is 0.299 e. The van der Waals surface area contributed by atoms with Crippen LogP contribution in [0.15, 0.2) is 0 Å². The summed E-state index contributed by atoms with van der Waals surface area (Å²) in [4.78, 5) is 10.9. The van der Waals surface area contributed by atoms with Gasteiger partial charge in [0.1, 0.15) is 5.78 Å². The van der Waals surface area contributed by atoms with Crippen LogP contribution in [-0.2, 0) is 4.79 Å². The number of Topliss-reactive ketones (excluding diaryl/α,β-unsaturated/α-hetero) is 1. The van der Waals surface area contributed by atoms with Crippen LogP contribution < -0.4 is 0 Å². The number of hydrogen-bond acceptors (Lipinski definition) is 1. The van der Waals surface area contributed by atoms with E-state index in [1.807, 2.05) is 0 Å². The molecule has 0 amide bonds. The van der Waals surface area contributed by atoms with Crippen molar-refractivity contribution < 1.29 is 4.79 Å². The predicted octanol–water partition coefficient (Wildman–Crippen LogP) is 0.841. The smallest absolute Gasteiger partial charge is 0.136 e. The summed E-state index contributed by atoms with van der Waals surface area (Å²) in [5, 5.41) is 0. The maximum Gasteiger partial charge on any atom is 0.136 e. The highest BCUT2D eigenvalue weighted by Gasteiger charge is 2.70. The molecule has 0 aliphatic heterocycles. The van der Waals surface area contributed by atoms with Crippen LogP contribution in [0, 0.1) is 23.7 Å². The lowest BCUT2D eigenvalue weighted by molar-refractivity contribution is -0.121. The quantitative estimate of drug-likeness (QED) is 0.449. The lowest BCUT2D eigenvalue weighted by Crippen LogP contribution is -2.18. The molecule has 0 aromatic carbocycles. The lowest BCUT2D eigenvalue weighted by atomic mass is 9.82. The molecule has 42 valence electrons. The molecule has 0 bridgehead atoms. The van der Waals surface area contributed by atoms with E-state index in [-0.39, 0.29) is 0 Å². The van der Waals surface area contributed by atoms with Crippen molar-refractivity contribution in [3.05, 3.63) is 0 Å². The molecule has 0 radical (unpaired) electrons. The minimum absolute atomic E-state index is 0.580. The first-order valence-electron chi connectivity index (χ1n) is 3.40. The Balaban J connectivity index is 2.09. The van der Waals surface area contributed by atoms with Gasteiger partial charge in [0, 0.05) is 12.3 Å². The fourth-order valence-electron chi connectivity index (χ4n) is 2.73. The highest BCUT2D eigenvalue weighted by Crippen LogP contribution is 2.71. The van der Waals surface area contributed by atoms with Crippen LogP contribution in [0.5, 0.6) is 0 Å². The zero-order valence-electron chi connectivity index (χ0n) is 4.63. The lowest BCUT2D eigenvalue weighted by Gasteiger charge is -2.22. The number of carbonyl (C=O) groups excluding carboxylic acids is 1. The van der Waals surface area contributed by atoms with E-state index in [0.717, 1.165) is 24.2 Å². The van der Waals surface area contributed by atoms with Crippen molar-refractivity contribution in [2.75, 3.05) is 0 Å². The van der Waals surface area contributed by atoms with Gasteiger partial charge in [-0.3, -0.25) is 4.79 Å². The summed E-state index contributed by atoms with van der Waals surface area (Å²) in [5.41, 5.74) is 0. The molecule has 0 aromatic rings. The second kappa shape index (κ2) is 0.772. The van der Waals surface area contributed by atoms with E-state index in [1.165, 1.54) is 6.42 Å². The molecule has 3 aliphatic carbocycles. The van der Waals surface area contributed by atoms with Gasteiger partial charge in [0.25, 0.3) is 0 Å². The van der Waals surface area contributed by atoms with Crippen LogP contribution in [0.25, 0.3) is 0 Å². The molecule has 3 fully saturated rings. The van der Waals surface area contributed by atoms with Crippen molar-refractivity contribution in [2.24, 2.45) is 23.7 Å². The zero-order valence-corrected chi connectivity index (χ0v) is 4.63. The predicted molar refractivity (Wildman–Crippen MR) is 28.2 cm³/mol. The number of hydrogen-bond donors (Lipinski definition) is 0. The van der Waals surface area contributed by atoms with Crippen molar-refractivity contribution in [1.29, 1.82) is 0 Å². The Morgan fingerprint density at radius 2 is 2.38 bits per heavy atom. The number of carbonyl (C=O) groups is 1. The SMILES string of the molecule is O=C1C[C@H]2C[C@H]3C2[C@@H]13. The van der Waals surface area contributed by atoms with Crippen molar-refractivity contribution in [1.82, 2.24) is 0 Å². The summed E-state index contributed by atoms with van der Waals surface area (Å²) < 4.78 is 0. The van der Waals surface area contributed by atoms with Gasteiger partial charge in [-0.05, 0) is 24.2 Å². The normalized spacial score (nSPS) is 64.8. The number of fused-ring (bicyclic) bond motifs is 1. The first-order valence-corrected chi connectivity index (χ1v) is 3.40. The van der Waals surface area contributed by atoms with Gasteiger partial charge in [-0.1, -0.05) is 0 Å². The highest BCUT2D eigenvalue weighted by molar-refractivity contribution is 5.89. The minimum Gasteiger partial charge on any atom is -0.299 e. The number of ketones is 1. The van der Waals surface area contributed by atoms with E-state index in [4.69, 9.17) is 0 Å². The summed E-state index contributed by atoms with van der Waals surface area (Å²) >= 11 is 0. The fraction of sp³-hybridized carbons (Fsp3) is 0.857. The molecule has 3 saturated carbocycles. The Hall–Kier alpha value is -0.330. The Morgan fingerprint density at radius 3 is 2.62 bits per heavy atom. The van der Waals surface area contributed by atoms with Crippen molar-refractivity contribution in [3.63, 3.8) is 0 Å². The van der Waals surface area contributed by atoms with E-state index in [2.05, 4.69) is 0 Å². The Labute approximate surface area is 48.1 Å². The maximum atomic E-state index is 10.9. The minimum atomic E-state index is 0.580. The summed E-state index contributed by atoms with van der Waals surface area (Å²) in [5.74, 6) is 3.82. The molecule has 1 unspecified atom stereocenters. The second-order valence-corrected chi connectivity index (χ2v) is 3.43.